The van der Waals surface area contributed by atoms with Crippen molar-refractivity contribution >= 4 is 22.5 Å². The summed E-state index contributed by atoms with van der Waals surface area (Å²) in [4.78, 5) is 2.58. The van der Waals surface area contributed by atoms with Crippen molar-refractivity contribution in [3.05, 3.63) is 124 Å². The molecule has 0 spiro atoms. The normalized spacial score (nSPS) is 24.4. The van der Waals surface area contributed by atoms with Gasteiger partial charge in [0.15, 0.2) is 5.60 Å². The topological polar surface area (TPSA) is 40.2 Å². The van der Waals surface area contributed by atoms with Gasteiger partial charge in [-0.05, 0) is 123 Å². The van der Waals surface area contributed by atoms with Gasteiger partial charge in [0.05, 0.1) is 19.8 Å². The zero-order valence-corrected chi connectivity index (χ0v) is 32.1. The van der Waals surface area contributed by atoms with Crippen molar-refractivity contribution in [3.8, 4) is 28.4 Å². The van der Waals surface area contributed by atoms with Gasteiger partial charge in [-0.3, -0.25) is 0 Å². The van der Waals surface area contributed by atoms with Gasteiger partial charge in [0, 0.05) is 52.4 Å². The van der Waals surface area contributed by atoms with E-state index in [1.807, 2.05) is 19.2 Å². The average molecular weight is 694 g/mol. The van der Waals surface area contributed by atoms with E-state index < -0.39 is 16.6 Å². The summed E-state index contributed by atoms with van der Waals surface area (Å²) in [6, 6.07) is 31.6. The number of methoxy groups -OCH3 is 3. The molecule has 4 unspecified atom stereocenters. The summed E-state index contributed by atoms with van der Waals surface area (Å²) in [5, 5.41) is 2.17. The molecule has 0 N–H and O–H groups in total. The number of hydrogen-bond donors (Lipinski definition) is 0. The molecule has 5 aromatic rings. The Morgan fingerprint density at radius 2 is 1.42 bits per heavy atom. The van der Waals surface area contributed by atoms with Crippen LogP contribution in [0.5, 0.6) is 17.2 Å². The van der Waals surface area contributed by atoms with Crippen LogP contribution in [0.1, 0.15) is 87.3 Å². The first-order valence-electron chi connectivity index (χ1n) is 18.7. The smallest absolute Gasteiger partial charge is 0.178 e. The molecular formula is C47H51NO4. The number of piperidine rings is 1. The molecule has 5 aromatic carbocycles. The van der Waals surface area contributed by atoms with Crippen LogP contribution in [0.15, 0.2) is 91.0 Å². The summed E-state index contributed by atoms with van der Waals surface area (Å²) in [7, 11) is 5.29. The predicted molar refractivity (Wildman–Crippen MR) is 213 cm³/mol. The molecule has 0 bridgehead atoms. The summed E-state index contributed by atoms with van der Waals surface area (Å²) in [5.41, 5.74) is 8.43. The largest absolute Gasteiger partial charge is 0.497 e. The molecule has 4 atom stereocenters. The van der Waals surface area contributed by atoms with E-state index in [-0.39, 0.29) is 0 Å². The third-order valence-electron chi connectivity index (χ3n) is 12.8. The molecule has 52 heavy (non-hydrogen) atoms. The van der Waals surface area contributed by atoms with E-state index in [1.165, 1.54) is 47.2 Å². The van der Waals surface area contributed by atoms with Crippen molar-refractivity contribution in [2.75, 3.05) is 26.2 Å². The van der Waals surface area contributed by atoms with Gasteiger partial charge in [0.25, 0.3) is 0 Å². The minimum absolute atomic E-state index is 0.422. The molecule has 268 valence electrons. The summed E-state index contributed by atoms with van der Waals surface area (Å²) >= 11 is 0. The Morgan fingerprint density at radius 3 is 2.06 bits per heavy atom. The number of aryl methyl sites for hydroxylation is 1. The zero-order valence-electron chi connectivity index (χ0n) is 32.1. The summed E-state index contributed by atoms with van der Waals surface area (Å²) in [6.07, 6.45) is 8.28. The van der Waals surface area contributed by atoms with Crippen LogP contribution in [0.3, 0.4) is 0 Å². The van der Waals surface area contributed by atoms with Crippen molar-refractivity contribution in [3.63, 3.8) is 0 Å². The van der Waals surface area contributed by atoms with Crippen molar-refractivity contribution in [1.29, 1.82) is 0 Å². The quantitative estimate of drug-likeness (QED) is 0.177. The van der Waals surface area contributed by atoms with E-state index in [0.29, 0.717) is 12.1 Å². The van der Waals surface area contributed by atoms with E-state index in [0.717, 1.165) is 50.3 Å². The lowest BCUT2D eigenvalue weighted by Gasteiger charge is -2.51. The second-order valence-electron chi connectivity index (χ2n) is 15.8. The molecule has 5 nitrogen and oxygen atoms in total. The van der Waals surface area contributed by atoms with Crippen LogP contribution in [-0.4, -0.2) is 33.4 Å². The minimum Gasteiger partial charge on any atom is -0.497 e. The highest BCUT2D eigenvalue weighted by atomic mass is 16.5. The fourth-order valence-electron chi connectivity index (χ4n) is 9.61. The highest BCUT2D eigenvalue weighted by Crippen LogP contribution is 2.61. The van der Waals surface area contributed by atoms with Crippen LogP contribution < -0.4 is 19.1 Å². The first-order chi connectivity index (χ1) is 25.0. The summed E-state index contributed by atoms with van der Waals surface area (Å²) < 4.78 is 25.7. The van der Waals surface area contributed by atoms with Crippen molar-refractivity contribution in [2.24, 2.45) is 0 Å². The molecular weight excluding hydrogens is 643 g/mol. The van der Waals surface area contributed by atoms with Gasteiger partial charge in [-0.15, -0.1) is 0 Å². The van der Waals surface area contributed by atoms with Crippen molar-refractivity contribution in [1.82, 2.24) is 0 Å². The van der Waals surface area contributed by atoms with Crippen LogP contribution in [0, 0.1) is 6.92 Å². The number of hydrogen-bond acceptors (Lipinski definition) is 5. The van der Waals surface area contributed by atoms with Gasteiger partial charge in [-0.2, -0.15) is 0 Å². The van der Waals surface area contributed by atoms with Gasteiger partial charge < -0.3 is 23.8 Å². The molecule has 3 aliphatic rings. The lowest BCUT2D eigenvalue weighted by atomic mass is 9.58. The van der Waals surface area contributed by atoms with E-state index in [4.69, 9.17) is 18.9 Å². The number of nitrogens with zero attached hydrogens (tertiary/aromatic N) is 1. The van der Waals surface area contributed by atoms with E-state index in [9.17, 15) is 0 Å². The monoisotopic (exact) mass is 693 g/mol. The third kappa shape index (κ3) is 4.85. The van der Waals surface area contributed by atoms with Crippen LogP contribution in [0.4, 0.5) is 5.69 Å². The summed E-state index contributed by atoms with van der Waals surface area (Å²) in [6.45, 7) is 13.7. The van der Waals surface area contributed by atoms with Crippen molar-refractivity contribution < 1.29 is 18.9 Å². The average Bonchev–Trinajstić information content (AvgIpc) is 3.16. The number of fused-ring (bicyclic) bond motifs is 8. The van der Waals surface area contributed by atoms with Crippen LogP contribution in [0.2, 0.25) is 0 Å². The van der Waals surface area contributed by atoms with E-state index >= 15 is 0 Å². The number of benzene rings is 5. The standard InChI is InChI=1S/C47H51NO4/c1-29-27-38-39(28-41(29)50-8)44-37(43-42(38)36-15-10-11-16-40(36)46(6,51-9)45(43,4)5)25-26-47(52-44,33-19-23-35(49-7)24-20-33)32-17-21-34(22-18-32)48-30(2)13-12-14-31(48)3/h10-11,15-28,30-31H,12-14H2,1-9H3. The fourth-order valence-corrected chi connectivity index (χ4v) is 9.61. The fraction of sp³-hybridized carbons (Fsp3) is 0.362. The maximum absolute atomic E-state index is 7.66. The maximum Gasteiger partial charge on any atom is 0.178 e. The van der Waals surface area contributed by atoms with Crippen LogP contribution >= 0.6 is 0 Å². The molecule has 1 fully saturated rings. The Labute approximate surface area is 309 Å². The Balaban J connectivity index is 1.41. The van der Waals surface area contributed by atoms with Gasteiger partial charge in [0.1, 0.15) is 17.2 Å². The second kappa shape index (κ2) is 12.4. The van der Waals surface area contributed by atoms with Gasteiger partial charge in [0.2, 0.25) is 0 Å². The summed E-state index contributed by atoms with van der Waals surface area (Å²) in [5.74, 6) is 2.49. The number of rotatable bonds is 6. The van der Waals surface area contributed by atoms with Gasteiger partial charge in [-0.25, -0.2) is 0 Å². The maximum atomic E-state index is 7.66. The molecule has 1 saturated heterocycles. The lowest BCUT2D eigenvalue weighted by molar-refractivity contribution is -0.0570. The van der Waals surface area contributed by atoms with Gasteiger partial charge in [-0.1, -0.05) is 68.5 Å². The van der Waals surface area contributed by atoms with Gasteiger partial charge >= 0.3 is 0 Å². The highest BCUT2D eigenvalue weighted by Gasteiger charge is 2.52. The molecule has 0 saturated carbocycles. The number of anilines is 1. The second-order valence-corrected chi connectivity index (χ2v) is 15.8. The first kappa shape index (κ1) is 34.4. The molecule has 2 aliphatic heterocycles. The highest BCUT2D eigenvalue weighted by molar-refractivity contribution is 6.08. The molecule has 0 aromatic heterocycles. The third-order valence-corrected chi connectivity index (χ3v) is 12.8. The first-order valence-corrected chi connectivity index (χ1v) is 18.7. The van der Waals surface area contributed by atoms with E-state index in [2.05, 4.69) is 131 Å². The predicted octanol–water partition coefficient (Wildman–Crippen LogP) is 11.1. The molecule has 5 heteroatoms. The molecule has 2 heterocycles. The molecule has 8 rings (SSSR count). The molecule has 1 aliphatic carbocycles. The number of ether oxygens (including phenoxy) is 4. The van der Waals surface area contributed by atoms with Crippen LogP contribution in [0.25, 0.3) is 28.0 Å². The lowest BCUT2D eigenvalue weighted by Crippen LogP contribution is -2.48. The Bertz CT molecular complexity index is 2190. The van der Waals surface area contributed by atoms with Crippen LogP contribution in [-0.2, 0) is 21.4 Å². The van der Waals surface area contributed by atoms with E-state index in [1.54, 1.807) is 14.2 Å². The molecule has 0 amide bonds. The molecule has 0 radical (unpaired) electrons. The Hall–Kier alpha value is -4.74. The minimum atomic E-state index is -0.905. The van der Waals surface area contributed by atoms with Crippen molar-refractivity contribution in [2.45, 2.75) is 89.5 Å². The Morgan fingerprint density at radius 1 is 0.769 bits per heavy atom. The Kier molecular flexibility index (Phi) is 8.22. The SMILES string of the molecule is COc1ccc(C2(c3ccc(N4C(C)CCCC4C)cc3)C=Cc3c4c(c5cc(C)c(OC)cc5c3O2)-c2ccccc2C(C)(OC)C4(C)C)cc1. The zero-order chi connectivity index (χ0) is 36.6.